The van der Waals surface area contributed by atoms with Gasteiger partial charge in [0.2, 0.25) is 0 Å². The van der Waals surface area contributed by atoms with Crippen molar-refractivity contribution in [3.63, 3.8) is 0 Å². The molecule has 0 saturated carbocycles. The van der Waals surface area contributed by atoms with Crippen LogP contribution in [0.5, 0.6) is 5.75 Å². The van der Waals surface area contributed by atoms with Gasteiger partial charge in [0.25, 0.3) is 5.56 Å². The number of Topliss-reactive ketones (excluding diaryl/α,β-unsaturated/α-hetero) is 1. The van der Waals surface area contributed by atoms with Gasteiger partial charge in [-0.15, -0.1) is 24.5 Å². The monoisotopic (exact) mass is 437 g/mol. The van der Waals surface area contributed by atoms with Crippen LogP contribution in [0, 0.1) is 11.3 Å². The molecule has 0 unspecified atom stereocenters. The number of aromatic amines is 1. The van der Waals surface area contributed by atoms with Crippen molar-refractivity contribution in [2.45, 2.75) is 11.5 Å². The Kier molecular flexibility index (Phi) is 6.05. The second kappa shape index (κ2) is 8.50. The number of hydrogen-bond acceptors (Lipinski definition) is 7. The van der Waals surface area contributed by atoms with Crippen molar-refractivity contribution in [1.82, 2.24) is 9.97 Å². The Balaban J connectivity index is 1.74. The van der Waals surface area contributed by atoms with E-state index in [9.17, 15) is 28.0 Å². The number of nitriles is 1. The Morgan fingerprint density at radius 1 is 1.28 bits per heavy atom. The molecular weight excluding hydrogens is 427 g/mol. The highest BCUT2D eigenvalue weighted by atomic mass is 32.2. The Morgan fingerprint density at radius 3 is 2.59 bits per heavy atom. The van der Waals surface area contributed by atoms with E-state index in [2.05, 4.69) is 14.7 Å². The highest BCUT2D eigenvalue weighted by Crippen LogP contribution is 2.27. The van der Waals surface area contributed by atoms with Crippen LogP contribution >= 0.6 is 23.1 Å². The van der Waals surface area contributed by atoms with Crippen LogP contribution in [-0.2, 0) is 0 Å². The van der Waals surface area contributed by atoms with Crippen LogP contribution in [-0.4, -0.2) is 27.9 Å². The lowest BCUT2D eigenvalue weighted by atomic mass is 10.1. The smallest absolute Gasteiger partial charge is 0.406 e. The predicted octanol–water partition coefficient (Wildman–Crippen LogP) is 4.24. The van der Waals surface area contributed by atoms with Gasteiger partial charge in [-0.25, -0.2) is 4.98 Å². The normalized spacial score (nSPS) is 11.1. The Labute approximate surface area is 170 Å². The largest absolute Gasteiger partial charge is 0.573 e. The lowest BCUT2D eigenvalue weighted by Gasteiger charge is -2.09. The first-order valence-electron chi connectivity index (χ1n) is 7.87. The maximum Gasteiger partial charge on any atom is 0.573 e. The molecule has 11 heteroatoms. The Bertz CT molecular complexity index is 1120. The molecule has 2 aromatic heterocycles. The molecule has 0 aliphatic heterocycles. The van der Waals surface area contributed by atoms with Crippen molar-refractivity contribution in [3.05, 3.63) is 63.3 Å². The van der Waals surface area contributed by atoms with Gasteiger partial charge >= 0.3 is 6.36 Å². The topological polar surface area (TPSA) is 95.8 Å². The molecule has 29 heavy (non-hydrogen) atoms. The van der Waals surface area contributed by atoms with Crippen LogP contribution in [0.4, 0.5) is 13.2 Å². The first kappa shape index (κ1) is 20.6. The number of benzene rings is 1. The first-order chi connectivity index (χ1) is 13.8. The Hall–Kier alpha value is -3.10. The van der Waals surface area contributed by atoms with Crippen LogP contribution in [0.1, 0.15) is 15.9 Å². The van der Waals surface area contributed by atoms with Crippen LogP contribution in [0.2, 0.25) is 0 Å². The number of carbonyl (C=O) groups excluding carboxylic acids is 1. The summed E-state index contributed by atoms with van der Waals surface area (Å²) in [5.41, 5.74) is -0.325. The second-order valence-corrected chi connectivity index (χ2v) is 7.38. The molecule has 3 aromatic rings. The lowest BCUT2D eigenvalue weighted by Crippen LogP contribution is -2.17. The van der Waals surface area contributed by atoms with Gasteiger partial charge in [-0.1, -0.05) is 17.8 Å². The summed E-state index contributed by atoms with van der Waals surface area (Å²) in [6.45, 7) is 0. The fourth-order valence-corrected chi connectivity index (χ4v) is 3.75. The van der Waals surface area contributed by atoms with Gasteiger partial charge in [-0.3, -0.25) is 9.59 Å². The van der Waals surface area contributed by atoms with E-state index in [1.165, 1.54) is 23.5 Å². The van der Waals surface area contributed by atoms with Crippen LogP contribution in [0.25, 0.3) is 10.6 Å². The molecule has 1 N–H and O–H groups in total. The highest BCUT2D eigenvalue weighted by molar-refractivity contribution is 7.99. The number of rotatable bonds is 6. The quantitative estimate of drug-likeness (QED) is 0.352. The minimum atomic E-state index is -4.81. The van der Waals surface area contributed by atoms with Gasteiger partial charge in [-0.2, -0.15) is 5.26 Å². The van der Waals surface area contributed by atoms with Gasteiger partial charge in [0.05, 0.1) is 10.6 Å². The van der Waals surface area contributed by atoms with Gasteiger partial charge in [0.15, 0.2) is 10.9 Å². The number of ketones is 1. The van der Waals surface area contributed by atoms with E-state index in [0.717, 1.165) is 23.9 Å². The van der Waals surface area contributed by atoms with Gasteiger partial charge in [0, 0.05) is 5.56 Å². The molecule has 0 spiro atoms. The number of H-pyrrole nitrogens is 1. The van der Waals surface area contributed by atoms with Crippen molar-refractivity contribution in [2.24, 2.45) is 0 Å². The van der Waals surface area contributed by atoms with Gasteiger partial charge in [0.1, 0.15) is 23.1 Å². The number of nitrogens with one attached hydrogen (secondary N) is 1. The third kappa shape index (κ3) is 5.24. The summed E-state index contributed by atoms with van der Waals surface area (Å²) in [4.78, 5) is 31.8. The second-order valence-electron chi connectivity index (χ2n) is 5.47. The molecule has 0 amide bonds. The zero-order valence-corrected chi connectivity index (χ0v) is 16.0. The molecule has 148 valence electrons. The fourth-order valence-electron chi connectivity index (χ4n) is 2.28. The fraction of sp³-hybridized carbons (Fsp3) is 0.111. The van der Waals surface area contributed by atoms with E-state index < -0.39 is 17.7 Å². The van der Waals surface area contributed by atoms with E-state index >= 15 is 0 Å². The summed E-state index contributed by atoms with van der Waals surface area (Å²) in [7, 11) is 0. The molecule has 2 heterocycles. The number of thiophene rings is 1. The maximum atomic E-state index is 12.3. The number of ether oxygens (including phenoxy) is 1. The average Bonchev–Trinajstić information content (AvgIpc) is 3.19. The predicted molar refractivity (Wildman–Crippen MR) is 101 cm³/mol. The van der Waals surface area contributed by atoms with Crippen LogP contribution in [0.3, 0.4) is 0 Å². The number of hydrogen-bond donors (Lipinski definition) is 1. The molecule has 6 nitrogen and oxygen atoms in total. The third-order valence-corrected chi connectivity index (χ3v) is 5.26. The van der Waals surface area contributed by atoms with E-state index in [4.69, 9.17) is 0 Å². The van der Waals surface area contributed by atoms with Crippen molar-refractivity contribution in [1.29, 1.82) is 5.26 Å². The number of carbonyl (C=O) groups is 1. The van der Waals surface area contributed by atoms with Gasteiger partial charge in [-0.05, 0) is 35.7 Å². The van der Waals surface area contributed by atoms with Crippen LogP contribution < -0.4 is 10.3 Å². The minimum Gasteiger partial charge on any atom is -0.406 e. The molecule has 0 saturated heterocycles. The first-order valence-corrected chi connectivity index (χ1v) is 9.73. The SMILES string of the molecule is N#Cc1c(-c2cccs2)nc(SCC(=O)c2ccc(OC(F)(F)F)cc2)[nH]c1=O. The van der Waals surface area contributed by atoms with Crippen molar-refractivity contribution in [2.75, 3.05) is 5.75 Å². The average molecular weight is 437 g/mol. The number of thioether (sulfide) groups is 1. The minimum absolute atomic E-state index is 0.113. The summed E-state index contributed by atoms with van der Waals surface area (Å²) in [6.07, 6.45) is -4.81. The van der Waals surface area contributed by atoms with E-state index in [0.29, 0.717) is 4.88 Å². The van der Waals surface area contributed by atoms with E-state index in [1.54, 1.807) is 17.5 Å². The summed E-state index contributed by atoms with van der Waals surface area (Å²) in [5.74, 6) is -0.920. The third-order valence-electron chi connectivity index (χ3n) is 3.51. The van der Waals surface area contributed by atoms with E-state index in [1.807, 2.05) is 6.07 Å². The molecule has 0 aliphatic carbocycles. The number of halogens is 3. The Morgan fingerprint density at radius 2 is 2.00 bits per heavy atom. The summed E-state index contributed by atoms with van der Waals surface area (Å²) in [6, 6.07) is 9.82. The van der Waals surface area contributed by atoms with Gasteiger partial charge < -0.3 is 9.72 Å². The molecule has 0 bridgehead atoms. The summed E-state index contributed by atoms with van der Waals surface area (Å²) < 4.78 is 40.3. The van der Waals surface area contributed by atoms with Crippen molar-refractivity contribution in [3.8, 4) is 22.4 Å². The van der Waals surface area contributed by atoms with Crippen molar-refractivity contribution >= 4 is 28.9 Å². The standard InChI is InChI=1S/C18H10F3N3O3S2/c19-18(20,21)27-11-5-3-10(4-6-11)13(25)9-29-17-23-15(14-2-1-7-28-14)12(8-22)16(26)24-17/h1-7H,9H2,(H,23,24,26). The van der Waals surface area contributed by atoms with Crippen LogP contribution in [0.15, 0.2) is 51.7 Å². The molecule has 3 rings (SSSR count). The summed E-state index contributed by atoms with van der Waals surface area (Å²) >= 11 is 2.26. The zero-order chi connectivity index (χ0) is 21.0. The van der Waals surface area contributed by atoms with E-state index in [-0.39, 0.29) is 33.5 Å². The van der Waals surface area contributed by atoms with Crippen molar-refractivity contribution < 1.29 is 22.7 Å². The molecule has 0 aliphatic rings. The maximum absolute atomic E-state index is 12.3. The lowest BCUT2D eigenvalue weighted by molar-refractivity contribution is -0.274. The number of aromatic nitrogens is 2. The molecule has 0 radical (unpaired) electrons. The number of alkyl halides is 3. The molecule has 1 aromatic carbocycles. The molecule has 0 fully saturated rings. The molecule has 0 atom stereocenters. The zero-order valence-electron chi connectivity index (χ0n) is 14.3. The number of nitrogens with zero attached hydrogens (tertiary/aromatic N) is 2. The summed E-state index contributed by atoms with van der Waals surface area (Å²) in [5, 5.41) is 11.1. The molecular formula is C18H10F3N3O3S2. The highest BCUT2D eigenvalue weighted by Gasteiger charge is 2.31.